The highest BCUT2D eigenvalue weighted by Gasteiger charge is 2.05. The quantitative estimate of drug-likeness (QED) is 0.538. The molecule has 1 heterocycles. The molecule has 0 spiro atoms. The average Bonchev–Trinajstić information content (AvgIpc) is 2.90. The minimum atomic E-state index is 0.811. The molecule has 0 atom stereocenters. The Balaban J connectivity index is 1.83. The number of benzene rings is 3. The topological polar surface area (TPSA) is 30.9 Å². The molecule has 2 heteroatoms. The second-order valence-corrected chi connectivity index (χ2v) is 5.40. The lowest BCUT2D eigenvalue weighted by molar-refractivity contribution is 0.843. The van der Waals surface area contributed by atoms with Crippen LogP contribution in [0.15, 0.2) is 72.9 Å². The van der Waals surface area contributed by atoms with Crippen LogP contribution in [0.3, 0.4) is 0 Å². The van der Waals surface area contributed by atoms with E-state index in [-0.39, 0.29) is 0 Å². The highest BCUT2D eigenvalue weighted by atomic mass is 14.9. The standard InChI is InChI=1S/C19H16N2/c20-17-8-9-19-15(12-17)10-11-21(19)13-16-6-3-5-14-4-1-2-7-18(14)16/h1-12H,13,20H2. The van der Waals surface area contributed by atoms with Gasteiger partial charge >= 0.3 is 0 Å². The maximum absolute atomic E-state index is 5.85. The Labute approximate surface area is 123 Å². The number of nitrogens with zero attached hydrogens (tertiary/aromatic N) is 1. The number of hydrogen-bond acceptors (Lipinski definition) is 1. The van der Waals surface area contributed by atoms with E-state index in [4.69, 9.17) is 5.73 Å². The summed E-state index contributed by atoms with van der Waals surface area (Å²) in [5, 5.41) is 3.79. The van der Waals surface area contributed by atoms with Crippen molar-refractivity contribution >= 4 is 27.4 Å². The Kier molecular flexibility index (Phi) is 2.68. The van der Waals surface area contributed by atoms with Crippen LogP contribution in [-0.4, -0.2) is 4.57 Å². The van der Waals surface area contributed by atoms with Crippen LogP contribution < -0.4 is 5.73 Å². The van der Waals surface area contributed by atoms with Crippen LogP contribution in [-0.2, 0) is 6.54 Å². The highest BCUT2D eigenvalue weighted by molar-refractivity contribution is 5.86. The molecule has 0 radical (unpaired) electrons. The van der Waals surface area contributed by atoms with Crippen LogP contribution in [0.5, 0.6) is 0 Å². The molecule has 2 nitrogen and oxygen atoms in total. The van der Waals surface area contributed by atoms with Gasteiger partial charge in [-0.05, 0) is 40.6 Å². The summed E-state index contributed by atoms with van der Waals surface area (Å²) in [7, 11) is 0. The van der Waals surface area contributed by atoms with Crippen molar-refractivity contribution in [3.8, 4) is 0 Å². The minimum absolute atomic E-state index is 0.811. The summed E-state index contributed by atoms with van der Waals surface area (Å²) in [4.78, 5) is 0. The van der Waals surface area contributed by atoms with Crippen LogP contribution in [0.1, 0.15) is 5.56 Å². The van der Waals surface area contributed by atoms with Gasteiger partial charge in [0.15, 0.2) is 0 Å². The monoisotopic (exact) mass is 272 g/mol. The molecular weight excluding hydrogens is 256 g/mol. The second-order valence-electron chi connectivity index (χ2n) is 5.40. The normalized spacial score (nSPS) is 11.2. The van der Waals surface area contributed by atoms with Crippen molar-refractivity contribution < 1.29 is 0 Å². The van der Waals surface area contributed by atoms with Crippen molar-refractivity contribution in [1.82, 2.24) is 4.57 Å². The summed E-state index contributed by atoms with van der Waals surface area (Å²) in [6, 6.07) is 23.2. The zero-order valence-corrected chi connectivity index (χ0v) is 11.7. The lowest BCUT2D eigenvalue weighted by Gasteiger charge is -2.09. The van der Waals surface area contributed by atoms with Gasteiger partial charge in [0.25, 0.3) is 0 Å². The zero-order valence-electron chi connectivity index (χ0n) is 11.7. The zero-order chi connectivity index (χ0) is 14.2. The third-order valence-corrected chi connectivity index (χ3v) is 4.02. The van der Waals surface area contributed by atoms with Crippen LogP contribution >= 0.6 is 0 Å². The van der Waals surface area contributed by atoms with Gasteiger partial charge in [0.2, 0.25) is 0 Å². The largest absolute Gasteiger partial charge is 0.399 e. The van der Waals surface area contributed by atoms with E-state index < -0.39 is 0 Å². The van der Waals surface area contributed by atoms with E-state index in [9.17, 15) is 0 Å². The average molecular weight is 272 g/mol. The lowest BCUT2D eigenvalue weighted by atomic mass is 10.0. The van der Waals surface area contributed by atoms with E-state index in [1.54, 1.807) is 0 Å². The Morgan fingerprint density at radius 1 is 0.810 bits per heavy atom. The van der Waals surface area contributed by atoms with E-state index in [2.05, 4.69) is 65.4 Å². The van der Waals surface area contributed by atoms with Crippen LogP contribution in [0, 0.1) is 0 Å². The predicted molar refractivity (Wildman–Crippen MR) is 89.4 cm³/mol. The van der Waals surface area contributed by atoms with E-state index in [1.807, 2.05) is 12.1 Å². The predicted octanol–water partition coefficient (Wildman–Crippen LogP) is 4.43. The first kappa shape index (κ1) is 12.0. The Morgan fingerprint density at radius 3 is 2.62 bits per heavy atom. The van der Waals surface area contributed by atoms with Gasteiger partial charge in [0, 0.05) is 29.3 Å². The van der Waals surface area contributed by atoms with Crippen molar-refractivity contribution in [1.29, 1.82) is 0 Å². The molecule has 0 saturated heterocycles. The van der Waals surface area contributed by atoms with E-state index in [0.29, 0.717) is 0 Å². The first-order valence-corrected chi connectivity index (χ1v) is 7.12. The molecule has 0 unspecified atom stereocenters. The summed E-state index contributed by atoms with van der Waals surface area (Å²) < 4.78 is 2.27. The first-order valence-electron chi connectivity index (χ1n) is 7.12. The number of nitrogen functional groups attached to an aromatic ring is 1. The SMILES string of the molecule is Nc1ccc2c(ccn2Cc2cccc3ccccc23)c1. The summed E-state index contributed by atoms with van der Waals surface area (Å²) >= 11 is 0. The first-order chi connectivity index (χ1) is 10.3. The Hall–Kier alpha value is -2.74. The molecule has 0 aliphatic carbocycles. The van der Waals surface area contributed by atoms with Gasteiger partial charge in [0.05, 0.1) is 0 Å². The molecule has 102 valence electrons. The lowest BCUT2D eigenvalue weighted by Crippen LogP contribution is -1.98. The molecule has 4 aromatic rings. The molecule has 4 rings (SSSR count). The van der Waals surface area contributed by atoms with E-state index >= 15 is 0 Å². The molecule has 0 bridgehead atoms. The number of nitrogens with two attached hydrogens (primary N) is 1. The molecule has 0 aliphatic heterocycles. The van der Waals surface area contributed by atoms with E-state index in [1.165, 1.54) is 27.2 Å². The molecule has 0 amide bonds. The molecule has 3 aromatic carbocycles. The molecule has 1 aromatic heterocycles. The number of rotatable bonds is 2. The van der Waals surface area contributed by atoms with Crippen LogP contribution in [0.4, 0.5) is 5.69 Å². The van der Waals surface area contributed by atoms with Crippen molar-refractivity contribution in [3.63, 3.8) is 0 Å². The van der Waals surface area contributed by atoms with Crippen molar-refractivity contribution in [2.75, 3.05) is 5.73 Å². The molecule has 0 saturated carbocycles. The molecule has 0 fully saturated rings. The minimum Gasteiger partial charge on any atom is -0.399 e. The number of fused-ring (bicyclic) bond motifs is 2. The van der Waals surface area contributed by atoms with Gasteiger partial charge in [-0.2, -0.15) is 0 Å². The summed E-state index contributed by atoms with van der Waals surface area (Å²) in [6.45, 7) is 0.870. The van der Waals surface area contributed by atoms with Crippen LogP contribution in [0.25, 0.3) is 21.7 Å². The summed E-state index contributed by atoms with van der Waals surface area (Å²) in [6.07, 6.45) is 2.13. The van der Waals surface area contributed by atoms with E-state index in [0.717, 1.165) is 12.2 Å². The van der Waals surface area contributed by atoms with Gasteiger partial charge in [-0.25, -0.2) is 0 Å². The molecule has 2 N–H and O–H groups in total. The fraction of sp³-hybridized carbons (Fsp3) is 0.0526. The third kappa shape index (κ3) is 2.05. The fourth-order valence-corrected chi connectivity index (χ4v) is 2.97. The smallest absolute Gasteiger partial charge is 0.0484 e. The van der Waals surface area contributed by atoms with Crippen molar-refractivity contribution in [2.45, 2.75) is 6.54 Å². The molecule has 21 heavy (non-hydrogen) atoms. The van der Waals surface area contributed by atoms with Crippen LogP contribution in [0.2, 0.25) is 0 Å². The van der Waals surface area contributed by atoms with Gasteiger partial charge < -0.3 is 10.3 Å². The van der Waals surface area contributed by atoms with Gasteiger partial charge in [0.1, 0.15) is 0 Å². The Bertz CT molecular complexity index is 929. The second kappa shape index (κ2) is 4.67. The molecular formula is C19H16N2. The van der Waals surface area contributed by atoms with Gasteiger partial charge in [-0.15, -0.1) is 0 Å². The summed E-state index contributed by atoms with van der Waals surface area (Å²) in [5.41, 5.74) is 9.22. The third-order valence-electron chi connectivity index (χ3n) is 4.02. The maximum atomic E-state index is 5.85. The fourth-order valence-electron chi connectivity index (χ4n) is 2.97. The number of hydrogen-bond donors (Lipinski definition) is 1. The van der Waals surface area contributed by atoms with Gasteiger partial charge in [-0.1, -0.05) is 42.5 Å². The maximum Gasteiger partial charge on any atom is 0.0484 e. The number of anilines is 1. The molecule has 0 aliphatic rings. The Morgan fingerprint density at radius 2 is 1.67 bits per heavy atom. The van der Waals surface area contributed by atoms with Crippen molar-refractivity contribution in [2.24, 2.45) is 0 Å². The van der Waals surface area contributed by atoms with Gasteiger partial charge in [-0.3, -0.25) is 0 Å². The summed E-state index contributed by atoms with van der Waals surface area (Å²) in [5.74, 6) is 0. The highest BCUT2D eigenvalue weighted by Crippen LogP contribution is 2.23. The number of aromatic nitrogens is 1. The van der Waals surface area contributed by atoms with Crippen molar-refractivity contribution in [3.05, 3.63) is 78.5 Å².